The largest absolute Gasteiger partial charge is 0.490 e. The highest BCUT2D eigenvalue weighted by atomic mass is 35.5. The fourth-order valence-electron chi connectivity index (χ4n) is 5.09. The summed E-state index contributed by atoms with van der Waals surface area (Å²) in [4.78, 5) is 37.9. The van der Waals surface area contributed by atoms with Gasteiger partial charge in [0.05, 0.1) is 19.8 Å². The fourth-order valence-corrected chi connectivity index (χ4v) is 7.53. The van der Waals surface area contributed by atoms with Crippen molar-refractivity contribution in [3.05, 3.63) is 52.0 Å². The first-order valence-corrected chi connectivity index (χ1v) is 17.0. The molecule has 4 heterocycles. The van der Waals surface area contributed by atoms with Gasteiger partial charge in [0.25, 0.3) is 0 Å². The number of carboxylic acid groups (broad SMARTS) is 1. The van der Waals surface area contributed by atoms with Crippen molar-refractivity contribution >= 4 is 56.4 Å². The van der Waals surface area contributed by atoms with Crippen LogP contribution in [-0.4, -0.2) is 92.0 Å². The molecule has 2 aliphatic heterocycles. The summed E-state index contributed by atoms with van der Waals surface area (Å²) in [5.74, 6) is -3.37. The van der Waals surface area contributed by atoms with E-state index in [0.29, 0.717) is 45.6 Å². The highest BCUT2D eigenvalue weighted by Gasteiger charge is 2.44. The quantitative estimate of drug-likeness (QED) is 0.283. The minimum atomic E-state index is -5.08. The first-order valence-electron chi connectivity index (χ1n) is 14.3. The van der Waals surface area contributed by atoms with Crippen molar-refractivity contribution in [2.45, 2.75) is 55.5 Å². The molecular weight excluding hydrogens is 732 g/mol. The standard InChI is InChI=1S/C26H27ClF3N5O5S2.C2HF3O2/c1-15-18(35-10-3-6-24(35)36)4-2-5-21(15)42(38,39)33-17(25(37)34-11-9-31-22(14-34)26(28,29)30)12-16-13-19(40-32-16)20-7-8-23(27)41-20;3-2(4,5)1(6)7/h2,4-5,7-8,13,17,22,31,33H,3,6,9-12,14H2,1H3;(H,6,7)/t17?,22-;/m0./s1. The van der Waals surface area contributed by atoms with Crippen LogP contribution in [0.25, 0.3) is 10.6 Å². The first kappa shape index (κ1) is 38.1. The monoisotopic (exact) mass is 759 g/mol. The molecule has 3 N–H and O–H groups in total. The molecule has 3 aromatic rings. The lowest BCUT2D eigenvalue weighted by Gasteiger charge is -2.36. The van der Waals surface area contributed by atoms with Crippen molar-refractivity contribution in [3.8, 4) is 10.6 Å². The van der Waals surface area contributed by atoms with Gasteiger partial charge in [0.2, 0.25) is 21.8 Å². The van der Waals surface area contributed by atoms with Crippen LogP contribution in [0.2, 0.25) is 4.34 Å². The summed E-state index contributed by atoms with van der Waals surface area (Å²) in [6.45, 7) is 1.17. The number of carbonyl (C=O) groups excluding carboxylic acids is 2. The average molecular weight is 760 g/mol. The van der Waals surface area contributed by atoms with Crippen LogP contribution in [-0.2, 0) is 30.8 Å². The lowest BCUT2D eigenvalue weighted by molar-refractivity contribution is -0.192. The SMILES string of the molecule is Cc1c(N2CCCC2=O)cccc1S(=O)(=O)NC(Cc1cc(-c2ccc(Cl)s2)on1)C(=O)N1CCN[C@H](C(F)(F)F)C1.O=C(O)C(F)(F)F. The lowest BCUT2D eigenvalue weighted by Crippen LogP contribution is -2.61. The van der Waals surface area contributed by atoms with E-state index in [2.05, 4.69) is 15.2 Å². The maximum atomic E-state index is 13.7. The van der Waals surface area contributed by atoms with Gasteiger partial charge in [-0.1, -0.05) is 22.8 Å². The van der Waals surface area contributed by atoms with Crippen LogP contribution in [0.3, 0.4) is 0 Å². The van der Waals surface area contributed by atoms with E-state index >= 15 is 0 Å². The van der Waals surface area contributed by atoms with Gasteiger partial charge in [0.1, 0.15) is 12.1 Å². The van der Waals surface area contributed by atoms with Crippen molar-refractivity contribution in [2.75, 3.05) is 31.1 Å². The Morgan fingerprint density at radius 2 is 1.88 bits per heavy atom. The Hall–Kier alpha value is -3.72. The number of anilines is 1. The number of aromatic nitrogens is 1. The maximum Gasteiger partial charge on any atom is 0.490 e. The summed E-state index contributed by atoms with van der Waals surface area (Å²) in [5.41, 5.74) is 0.962. The Kier molecular flexibility index (Phi) is 11.7. The van der Waals surface area contributed by atoms with Crippen LogP contribution in [0.15, 0.2) is 45.8 Å². The number of sulfonamides is 1. The number of hydrogen-bond acceptors (Lipinski definition) is 9. The van der Waals surface area contributed by atoms with Gasteiger partial charge in [0.15, 0.2) is 5.76 Å². The molecule has 2 fully saturated rings. The van der Waals surface area contributed by atoms with Gasteiger partial charge in [-0.25, -0.2) is 13.2 Å². The number of carbonyl (C=O) groups is 3. The van der Waals surface area contributed by atoms with Crippen molar-refractivity contribution in [1.29, 1.82) is 0 Å². The molecule has 2 saturated heterocycles. The van der Waals surface area contributed by atoms with Crippen LogP contribution in [0, 0.1) is 6.92 Å². The normalized spacial score (nSPS) is 17.9. The second-order valence-corrected chi connectivity index (χ2v) is 14.2. The number of carboxylic acids is 1. The van der Waals surface area contributed by atoms with E-state index in [1.165, 1.54) is 34.4 Å². The van der Waals surface area contributed by atoms with Crippen LogP contribution in [0.5, 0.6) is 0 Å². The topological polar surface area (TPSA) is 162 Å². The fraction of sp³-hybridized carbons (Fsp3) is 0.429. The molecule has 2 aliphatic rings. The van der Waals surface area contributed by atoms with Crippen molar-refractivity contribution in [1.82, 2.24) is 20.1 Å². The Morgan fingerprint density at radius 3 is 2.45 bits per heavy atom. The van der Waals surface area contributed by atoms with Gasteiger partial charge in [0, 0.05) is 50.8 Å². The molecule has 268 valence electrons. The van der Waals surface area contributed by atoms with Crippen molar-refractivity contribution < 1.29 is 58.8 Å². The third-order valence-corrected chi connectivity index (χ3v) is 10.3. The average Bonchev–Trinajstić information content (AvgIpc) is 3.77. The molecule has 0 saturated carbocycles. The van der Waals surface area contributed by atoms with Crippen LogP contribution < -0.4 is 14.9 Å². The molecular formula is C28H28ClF6N5O7S2. The molecule has 2 amide bonds. The number of nitrogens with one attached hydrogen (secondary N) is 2. The summed E-state index contributed by atoms with van der Waals surface area (Å²) < 4.78 is 108. The number of hydrogen-bond donors (Lipinski definition) is 3. The molecule has 12 nitrogen and oxygen atoms in total. The third kappa shape index (κ3) is 9.50. The number of halogens is 7. The summed E-state index contributed by atoms with van der Waals surface area (Å²) in [7, 11) is -4.39. The first-order chi connectivity index (χ1) is 22.8. The highest BCUT2D eigenvalue weighted by Crippen LogP contribution is 2.33. The number of alkyl halides is 6. The molecule has 0 radical (unpaired) electrons. The number of rotatable bonds is 8. The molecule has 2 aromatic heterocycles. The maximum absolute atomic E-state index is 13.7. The van der Waals surface area contributed by atoms with E-state index in [1.807, 2.05) is 0 Å². The Morgan fingerprint density at radius 1 is 1.18 bits per heavy atom. The number of piperazine rings is 1. The summed E-state index contributed by atoms with van der Waals surface area (Å²) in [5, 5.41) is 13.4. The van der Waals surface area contributed by atoms with Gasteiger partial charge >= 0.3 is 18.3 Å². The van der Waals surface area contributed by atoms with Gasteiger partial charge in [-0.2, -0.15) is 31.1 Å². The zero-order valence-corrected chi connectivity index (χ0v) is 27.7. The van der Waals surface area contributed by atoms with E-state index in [9.17, 15) is 44.3 Å². The predicted molar refractivity (Wildman–Crippen MR) is 164 cm³/mol. The zero-order valence-electron chi connectivity index (χ0n) is 25.3. The van der Waals surface area contributed by atoms with E-state index in [4.69, 9.17) is 26.0 Å². The van der Waals surface area contributed by atoms with E-state index in [-0.39, 0.29) is 36.0 Å². The Bertz CT molecular complexity index is 1800. The molecule has 0 spiro atoms. The second kappa shape index (κ2) is 15.0. The molecule has 49 heavy (non-hydrogen) atoms. The van der Waals surface area contributed by atoms with Crippen molar-refractivity contribution in [3.63, 3.8) is 0 Å². The van der Waals surface area contributed by atoms with E-state index in [0.717, 1.165) is 4.90 Å². The number of amides is 2. The van der Waals surface area contributed by atoms with Crippen molar-refractivity contribution in [2.24, 2.45) is 0 Å². The molecule has 1 aromatic carbocycles. The molecule has 2 atom stereocenters. The predicted octanol–water partition coefficient (Wildman–Crippen LogP) is 4.38. The van der Waals surface area contributed by atoms with E-state index < -0.39 is 52.9 Å². The minimum absolute atomic E-state index is 0.0486. The van der Waals surface area contributed by atoms with Gasteiger partial charge in [-0.3, -0.25) is 9.59 Å². The van der Waals surface area contributed by atoms with Gasteiger partial charge in [-0.05, 0) is 43.2 Å². The Balaban J connectivity index is 0.000000698. The number of nitrogens with zero attached hydrogens (tertiary/aromatic N) is 3. The minimum Gasteiger partial charge on any atom is -0.475 e. The summed E-state index contributed by atoms with van der Waals surface area (Å²) >= 11 is 7.23. The second-order valence-electron chi connectivity index (χ2n) is 10.8. The zero-order chi connectivity index (χ0) is 36.3. The summed E-state index contributed by atoms with van der Waals surface area (Å²) in [6, 6.07) is 5.95. The number of aliphatic carboxylic acids is 1. The molecule has 0 aliphatic carbocycles. The van der Waals surface area contributed by atoms with Gasteiger partial charge < -0.3 is 24.7 Å². The number of thiophene rings is 1. The molecule has 0 bridgehead atoms. The van der Waals surface area contributed by atoms with Crippen LogP contribution in [0.1, 0.15) is 24.1 Å². The van der Waals surface area contributed by atoms with Crippen LogP contribution >= 0.6 is 22.9 Å². The van der Waals surface area contributed by atoms with Gasteiger partial charge in [-0.15, -0.1) is 11.3 Å². The van der Waals surface area contributed by atoms with E-state index in [1.54, 1.807) is 25.1 Å². The lowest BCUT2D eigenvalue weighted by atomic mass is 10.1. The summed E-state index contributed by atoms with van der Waals surface area (Å²) in [6.07, 6.45) is -8.97. The molecule has 21 heteroatoms. The highest BCUT2D eigenvalue weighted by molar-refractivity contribution is 7.89. The molecule has 1 unspecified atom stereocenters. The third-order valence-electron chi connectivity index (χ3n) is 7.42. The smallest absolute Gasteiger partial charge is 0.475 e. The Labute approximate surface area is 284 Å². The molecule has 5 rings (SSSR count). The number of benzene rings is 1. The van der Waals surface area contributed by atoms with Crippen LogP contribution in [0.4, 0.5) is 32.0 Å².